The summed E-state index contributed by atoms with van der Waals surface area (Å²) in [6, 6.07) is 15.9. The second-order valence-corrected chi connectivity index (χ2v) is 6.41. The Kier molecular flexibility index (Phi) is 4.09. The highest BCUT2D eigenvalue weighted by atomic mass is 15.2. The zero-order chi connectivity index (χ0) is 14.8. The van der Waals surface area contributed by atoms with Gasteiger partial charge < -0.3 is 0 Å². The largest absolute Gasteiger partial charge is 0.271 e. The summed E-state index contributed by atoms with van der Waals surface area (Å²) in [5.74, 6) is 6.45. The van der Waals surface area contributed by atoms with Crippen LogP contribution in [0.15, 0.2) is 42.5 Å². The topological polar surface area (TPSA) is 38.0 Å². The molecule has 0 bridgehead atoms. The Bertz CT molecular complexity index is 588. The summed E-state index contributed by atoms with van der Waals surface area (Å²) in [7, 11) is 0. The molecule has 1 atom stereocenters. The fourth-order valence-electron chi connectivity index (χ4n) is 3.68. The fourth-order valence-corrected chi connectivity index (χ4v) is 3.68. The highest BCUT2D eigenvalue weighted by Gasteiger charge is 2.27. The van der Waals surface area contributed by atoms with E-state index in [0.29, 0.717) is 12.0 Å². The van der Waals surface area contributed by atoms with Gasteiger partial charge in [-0.1, -0.05) is 53.6 Å². The number of hydrazine groups is 1. The van der Waals surface area contributed by atoms with Crippen LogP contribution in [-0.2, 0) is 19.3 Å². The first-order valence-corrected chi connectivity index (χ1v) is 7.76. The molecule has 2 heteroatoms. The van der Waals surface area contributed by atoms with Crippen molar-refractivity contribution < 1.29 is 0 Å². The third-order valence-electron chi connectivity index (χ3n) is 4.60. The molecular weight excluding hydrogens is 256 g/mol. The van der Waals surface area contributed by atoms with Crippen LogP contribution in [0, 0.1) is 19.8 Å². The summed E-state index contributed by atoms with van der Waals surface area (Å²) >= 11 is 0. The quantitative estimate of drug-likeness (QED) is 0.667. The molecule has 1 aliphatic rings. The third-order valence-corrected chi connectivity index (χ3v) is 4.60. The van der Waals surface area contributed by atoms with Gasteiger partial charge in [0.1, 0.15) is 0 Å². The van der Waals surface area contributed by atoms with Crippen molar-refractivity contribution in [3.63, 3.8) is 0 Å². The Morgan fingerprint density at radius 3 is 2.14 bits per heavy atom. The molecule has 0 amide bonds. The van der Waals surface area contributed by atoms with Crippen LogP contribution in [0.25, 0.3) is 0 Å². The van der Waals surface area contributed by atoms with Gasteiger partial charge in [-0.25, -0.2) is 0 Å². The summed E-state index contributed by atoms with van der Waals surface area (Å²) < 4.78 is 0. The van der Waals surface area contributed by atoms with Crippen molar-refractivity contribution in [1.29, 1.82) is 0 Å². The predicted molar refractivity (Wildman–Crippen MR) is 88.1 cm³/mol. The molecule has 0 saturated heterocycles. The SMILES string of the molecule is Cc1cc(C)cc(CC(NN)C2Cc3ccccc3C2)c1. The van der Waals surface area contributed by atoms with Gasteiger partial charge in [-0.05, 0) is 55.7 Å². The zero-order valence-electron chi connectivity index (χ0n) is 12.9. The van der Waals surface area contributed by atoms with Crippen LogP contribution < -0.4 is 11.3 Å². The maximum atomic E-state index is 5.86. The van der Waals surface area contributed by atoms with Gasteiger partial charge in [-0.3, -0.25) is 11.3 Å². The second-order valence-electron chi connectivity index (χ2n) is 6.41. The van der Waals surface area contributed by atoms with Gasteiger partial charge in [0.05, 0.1) is 0 Å². The average molecular weight is 280 g/mol. The van der Waals surface area contributed by atoms with E-state index in [4.69, 9.17) is 5.84 Å². The van der Waals surface area contributed by atoms with Crippen molar-refractivity contribution in [3.8, 4) is 0 Å². The van der Waals surface area contributed by atoms with Crippen LogP contribution >= 0.6 is 0 Å². The maximum Gasteiger partial charge on any atom is 0.0285 e. The second kappa shape index (κ2) is 6.00. The zero-order valence-corrected chi connectivity index (χ0v) is 12.9. The number of hydrogen-bond acceptors (Lipinski definition) is 2. The Morgan fingerprint density at radius 1 is 1.05 bits per heavy atom. The minimum absolute atomic E-state index is 0.332. The molecule has 3 N–H and O–H groups in total. The summed E-state index contributed by atoms with van der Waals surface area (Å²) in [5.41, 5.74) is 10.1. The lowest BCUT2D eigenvalue weighted by molar-refractivity contribution is 0.367. The summed E-state index contributed by atoms with van der Waals surface area (Å²) in [6.45, 7) is 4.32. The van der Waals surface area contributed by atoms with Crippen molar-refractivity contribution in [3.05, 3.63) is 70.3 Å². The highest BCUT2D eigenvalue weighted by Crippen LogP contribution is 2.29. The number of nitrogens with one attached hydrogen (secondary N) is 1. The van der Waals surface area contributed by atoms with Crippen LogP contribution in [0.5, 0.6) is 0 Å². The van der Waals surface area contributed by atoms with Crippen molar-refractivity contribution >= 4 is 0 Å². The molecule has 0 spiro atoms. The molecule has 0 fully saturated rings. The van der Waals surface area contributed by atoms with E-state index in [1.807, 2.05) is 0 Å². The highest BCUT2D eigenvalue weighted by molar-refractivity contribution is 5.34. The minimum atomic E-state index is 0.332. The van der Waals surface area contributed by atoms with Gasteiger partial charge in [0, 0.05) is 6.04 Å². The van der Waals surface area contributed by atoms with E-state index in [1.54, 1.807) is 0 Å². The minimum Gasteiger partial charge on any atom is -0.271 e. The van der Waals surface area contributed by atoms with E-state index in [9.17, 15) is 0 Å². The van der Waals surface area contributed by atoms with Gasteiger partial charge >= 0.3 is 0 Å². The molecular formula is C19H24N2. The van der Waals surface area contributed by atoms with Gasteiger partial charge in [-0.2, -0.15) is 0 Å². The van der Waals surface area contributed by atoms with Crippen LogP contribution in [0.3, 0.4) is 0 Å². The summed E-state index contributed by atoms with van der Waals surface area (Å²) in [5, 5.41) is 0. The fraction of sp³-hybridized carbons (Fsp3) is 0.368. The van der Waals surface area contributed by atoms with E-state index in [-0.39, 0.29) is 0 Å². The van der Waals surface area contributed by atoms with Crippen molar-refractivity contribution in [1.82, 2.24) is 5.43 Å². The van der Waals surface area contributed by atoms with E-state index >= 15 is 0 Å². The first-order valence-electron chi connectivity index (χ1n) is 7.76. The number of nitrogens with two attached hydrogens (primary N) is 1. The standard InChI is InChI=1S/C19H24N2/c1-13-7-14(2)9-15(8-13)10-19(21-20)18-11-16-5-3-4-6-17(16)12-18/h3-9,18-19,21H,10-12,20H2,1-2H3. The van der Waals surface area contributed by atoms with Crippen LogP contribution in [0.4, 0.5) is 0 Å². The molecule has 0 heterocycles. The summed E-state index contributed by atoms with van der Waals surface area (Å²) in [6.07, 6.45) is 3.27. The van der Waals surface area contributed by atoms with Crippen LogP contribution in [0.2, 0.25) is 0 Å². The molecule has 110 valence electrons. The first kappa shape index (κ1) is 14.3. The van der Waals surface area contributed by atoms with Gasteiger partial charge in [0.2, 0.25) is 0 Å². The van der Waals surface area contributed by atoms with E-state index < -0.39 is 0 Å². The van der Waals surface area contributed by atoms with Crippen molar-refractivity contribution in [2.24, 2.45) is 11.8 Å². The first-order chi connectivity index (χ1) is 10.2. The van der Waals surface area contributed by atoms with Gasteiger partial charge in [0.25, 0.3) is 0 Å². The van der Waals surface area contributed by atoms with E-state index in [1.165, 1.54) is 27.8 Å². The lowest BCUT2D eigenvalue weighted by Gasteiger charge is -2.23. The molecule has 1 aliphatic carbocycles. The Morgan fingerprint density at radius 2 is 1.62 bits per heavy atom. The molecule has 2 aromatic carbocycles. The Labute approximate surface area is 127 Å². The lowest BCUT2D eigenvalue weighted by atomic mass is 9.90. The molecule has 1 unspecified atom stereocenters. The van der Waals surface area contributed by atoms with E-state index in [0.717, 1.165) is 19.3 Å². The molecule has 0 aromatic heterocycles. The molecule has 0 saturated carbocycles. The van der Waals surface area contributed by atoms with Crippen LogP contribution in [0.1, 0.15) is 27.8 Å². The molecule has 21 heavy (non-hydrogen) atoms. The number of hydrogen-bond donors (Lipinski definition) is 2. The van der Waals surface area contributed by atoms with Gasteiger partial charge in [-0.15, -0.1) is 0 Å². The number of aryl methyl sites for hydroxylation is 2. The van der Waals surface area contributed by atoms with Crippen molar-refractivity contribution in [2.75, 3.05) is 0 Å². The van der Waals surface area contributed by atoms with Crippen molar-refractivity contribution in [2.45, 2.75) is 39.2 Å². The molecule has 2 aromatic rings. The smallest absolute Gasteiger partial charge is 0.0285 e. The monoisotopic (exact) mass is 280 g/mol. The third kappa shape index (κ3) is 3.17. The number of fused-ring (bicyclic) bond motifs is 1. The molecule has 0 aliphatic heterocycles. The average Bonchev–Trinajstić information content (AvgIpc) is 2.87. The maximum absolute atomic E-state index is 5.86. The molecule has 3 rings (SSSR count). The number of rotatable bonds is 4. The normalized spacial score (nSPS) is 16.0. The Hall–Kier alpha value is -1.64. The summed E-state index contributed by atoms with van der Waals surface area (Å²) in [4.78, 5) is 0. The molecule has 2 nitrogen and oxygen atoms in total. The predicted octanol–water partition coefficient (Wildman–Crippen LogP) is 3.09. The number of benzene rings is 2. The van der Waals surface area contributed by atoms with Gasteiger partial charge in [0.15, 0.2) is 0 Å². The molecule has 0 radical (unpaired) electrons. The van der Waals surface area contributed by atoms with E-state index in [2.05, 4.69) is 61.7 Å². The van der Waals surface area contributed by atoms with Crippen LogP contribution in [-0.4, -0.2) is 6.04 Å². The Balaban J connectivity index is 1.75. The lowest BCUT2D eigenvalue weighted by Crippen LogP contribution is -2.42.